The van der Waals surface area contributed by atoms with Crippen LogP contribution in [-0.2, 0) is 4.79 Å². The number of anilines is 2. The van der Waals surface area contributed by atoms with Gasteiger partial charge in [0.1, 0.15) is 11.5 Å². The summed E-state index contributed by atoms with van der Waals surface area (Å²) in [4.78, 5) is 34.0. The molecule has 0 aliphatic carbocycles. The summed E-state index contributed by atoms with van der Waals surface area (Å²) in [5, 5.41) is 15.7. The Morgan fingerprint density at radius 1 is 1.31 bits per heavy atom. The van der Waals surface area contributed by atoms with E-state index in [2.05, 4.69) is 26.6 Å². The van der Waals surface area contributed by atoms with Crippen LogP contribution in [0.5, 0.6) is 0 Å². The van der Waals surface area contributed by atoms with Crippen molar-refractivity contribution in [1.82, 2.24) is 5.32 Å². The van der Waals surface area contributed by atoms with E-state index >= 15 is 0 Å². The van der Waals surface area contributed by atoms with E-state index in [1.807, 2.05) is 0 Å². The molecule has 0 radical (unpaired) electrons. The maximum atomic E-state index is 13.5. The van der Waals surface area contributed by atoms with Crippen molar-refractivity contribution in [2.75, 3.05) is 17.6 Å². The average molecular weight is 425 g/mol. The summed E-state index contributed by atoms with van der Waals surface area (Å²) >= 11 is 3.31. The van der Waals surface area contributed by atoms with Crippen molar-refractivity contribution in [2.45, 2.75) is 6.92 Å². The van der Waals surface area contributed by atoms with Crippen molar-refractivity contribution in [3.63, 3.8) is 0 Å². The van der Waals surface area contributed by atoms with Gasteiger partial charge in [0.25, 0.3) is 11.6 Å². The largest absolute Gasteiger partial charge is 0.393 e. The SMILES string of the molecule is Cc1cc(Br)ccc1NC(=O)CNC(=O)c1cc(F)cc([N+](=O)[O-])c1N. The van der Waals surface area contributed by atoms with Gasteiger partial charge in [-0.1, -0.05) is 15.9 Å². The fourth-order valence-corrected chi connectivity index (χ4v) is 2.64. The second kappa shape index (κ2) is 7.91. The van der Waals surface area contributed by atoms with Gasteiger partial charge in [-0.3, -0.25) is 19.7 Å². The summed E-state index contributed by atoms with van der Waals surface area (Å²) in [5.41, 5.74) is 5.31. The number of nitrogens with two attached hydrogens (primary N) is 1. The van der Waals surface area contributed by atoms with Gasteiger partial charge in [0.15, 0.2) is 0 Å². The first kappa shape index (κ1) is 19.3. The Balaban J connectivity index is 2.07. The van der Waals surface area contributed by atoms with Gasteiger partial charge in [-0.05, 0) is 36.8 Å². The predicted molar refractivity (Wildman–Crippen MR) is 97.3 cm³/mol. The lowest BCUT2D eigenvalue weighted by Crippen LogP contribution is -2.33. The van der Waals surface area contributed by atoms with Crippen molar-refractivity contribution >= 4 is 44.8 Å². The molecule has 0 spiro atoms. The number of benzene rings is 2. The van der Waals surface area contributed by atoms with Gasteiger partial charge in [0.05, 0.1) is 23.1 Å². The number of hydrogen-bond acceptors (Lipinski definition) is 5. The first-order chi connectivity index (χ1) is 12.2. The smallest absolute Gasteiger partial charge is 0.295 e. The minimum atomic E-state index is -0.981. The van der Waals surface area contributed by atoms with Crippen molar-refractivity contribution < 1.29 is 18.9 Å². The first-order valence-electron chi connectivity index (χ1n) is 7.26. The molecule has 0 fully saturated rings. The highest BCUT2D eigenvalue weighted by molar-refractivity contribution is 9.10. The Morgan fingerprint density at radius 3 is 2.62 bits per heavy atom. The molecular weight excluding hydrogens is 411 g/mol. The molecule has 0 bridgehead atoms. The second-order valence-electron chi connectivity index (χ2n) is 5.33. The Kier molecular flexibility index (Phi) is 5.88. The number of nitrogens with zero attached hydrogens (tertiary/aromatic N) is 1. The van der Waals surface area contributed by atoms with Crippen LogP contribution in [0.25, 0.3) is 0 Å². The van der Waals surface area contributed by atoms with Gasteiger partial charge in [0, 0.05) is 10.2 Å². The minimum absolute atomic E-state index is 0.413. The number of carbonyl (C=O) groups excluding carboxylic acids is 2. The van der Waals surface area contributed by atoms with Crippen LogP contribution < -0.4 is 16.4 Å². The molecule has 2 aromatic rings. The van der Waals surface area contributed by atoms with Crippen LogP contribution in [-0.4, -0.2) is 23.3 Å². The van der Waals surface area contributed by atoms with Gasteiger partial charge in [-0.2, -0.15) is 0 Å². The molecule has 2 rings (SSSR count). The summed E-state index contributed by atoms with van der Waals surface area (Å²) in [6.45, 7) is 1.38. The third-order valence-electron chi connectivity index (χ3n) is 3.44. The lowest BCUT2D eigenvalue weighted by atomic mass is 10.1. The van der Waals surface area contributed by atoms with Crippen LogP contribution in [0.2, 0.25) is 0 Å². The van der Waals surface area contributed by atoms with Crippen molar-refractivity contribution in [1.29, 1.82) is 0 Å². The maximum absolute atomic E-state index is 13.5. The molecule has 2 aromatic carbocycles. The van der Waals surface area contributed by atoms with E-state index in [-0.39, 0.29) is 0 Å². The number of carbonyl (C=O) groups is 2. The highest BCUT2D eigenvalue weighted by Gasteiger charge is 2.22. The van der Waals surface area contributed by atoms with Crippen LogP contribution in [0.1, 0.15) is 15.9 Å². The standard InChI is InChI=1S/C16H14BrFN4O4/c1-8-4-9(17)2-3-12(8)21-14(23)7-20-16(24)11-5-10(18)6-13(15(11)19)22(25)26/h2-6H,7,19H2,1H3,(H,20,24)(H,21,23). The number of nitrogen functional groups attached to an aromatic ring is 1. The van der Waals surface area contributed by atoms with E-state index in [9.17, 15) is 24.1 Å². The summed E-state index contributed by atoms with van der Waals surface area (Å²) in [6, 6.07) is 6.63. The normalized spacial score (nSPS) is 10.3. The Hall–Kier alpha value is -3.01. The number of aryl methyl sites for hydroxylation is 1. The molecule has 0 aliphatic heterocycles. The second-order valence-corrected chi connectivity index (χ2v) is 6.25. The molecule has 0 saturated heterocycles. The number of nitrogens with one attached hydrogen (secondary N) is 2. The molecular formula is C16H14BrFN4O4. The lowest BCUT2D eigenvalue weighted by molar-refractivity contribution is -0.384. The predicted octanol–water partition coefficient (Wildman–Crippen LogP) is 2.76. The molecule has 10 heteroatoms. The molecule has 136 valence electrons. The third kappa shape index (κ3) is 4.54. The lowest BCUT2D eigenvalue weighted by Gasteiger charge is -2.10. The number of amides is 2. The highest BCUT2D eigenvalue weighted by atomic mass is 79.9. The van der Waals surface area contributed by atoms with Gasteiger partial charge >= 0.3 is 0 Å². The first-order valence-corrected chi connectivity index (χ1v) is 8.06. The van der Waals surface area contributed by atoms with Crippen LogP contribution in [0.4, 0.5) is 21.5 Å². The van der Waals surface area contributed by atoms with E-state index in [4.69, 9.17) is 5.73 Å². The van der Waals surface area contributed by atoms with E-state index in [1.165, 1.54) is 0 Å². The molecule has 8 nitrogen and oxygen atoms in total. The summed E-state index contributed by atoms with van der Waals surface area (Å²) < 4.78 is 14.3. The van der Waals surface area contributed by atoms with E-state index in [1.54, 1.807) is 25.1 Å². The number of hydrogen-bond donors (Lipinski definition) is 3. The Labute approximate surface area is 155 Å². The molecule has 0 saturated carbocycles. The molecule has 0 heterocycles. The monoisotopic (exact) mass is 424 g/mol. The van der Waals surface area contributed by atoms with Crippen LogP contribution in [0.3, 0.4) is 0 Å². The maximum Gasteiger partial charge on any atom is 0.295 e. The van der Waals surface area contributed by atoms with Gasteiger partial charge in [0.2, 0.25) is 5.91 Å². The van der Waals surface area contributed by atoms with Gasteiger partial charge in [-0.15, -0.1) is 0 Å². The number of halogens is 2. The molecule has 4 N–H and O–H groups in total. The number of nitro groups is 1. The van der Waals surface area contributed by atoms with Crippen LogP contribution in [0.15, 0.2) is 34.8 Å². The molecule has 0 aromatic heterocycles. The van der Waals surface area contributed by atoms with E-state index < -0.39 is 46.0 Å². The summed E-state index contributed by atoms with van der Waals surface area (Å²) in [5.74, 6) is -2.40. The molecule has 0 unspecified atom stereocenters. The number of nitro benzene ring substituents is 1. The van der Waals surface area contributed by atoms with Crippen molar-refractivity contribution in [2.24, 2.45) is 0 Å². The zero-order chi connectivity index (χ0) is 19.4. The van der Waals surface area contributed by atoms with Crippen LogP contribution in [0, 0.1) is 22.9 Å². The minimum Gasteiger partial charge on any atom is -0.393 e. The molecule has 26 heavy (non-hydrogen) atoms. The van der Waals surface area contributed by atoms with Crippen molar-refractivity contribution in [3.05, 3.63) is 61.9 Å². The Bertz CT molecular complexity index is 904. The highest BCUT2D eigenvalue weighted by Crippen LogP contribution is 2.26. The molecule has 0 aliphatic rings. The van der Waals surface area contributed by atoms with Crippen LogP contribution >= 0.6 is 15.9 Å². The fourth-order valence-electron chi connectivity index (χ4n) is 2.16. The Morgan fingerprint density at radius 2 is 2.00 bits per heavy atom. The van der Waals surface area contributed by atoms with Gasteiger partial charge in [-0.25, -0.2) is 4.39 Å². The van der Waals surface area contributed by atoms with E-state index in [0.29, 0.717) is 11.8 Å². The molecule has 2 amide bonds. The number of rotatable bonds is 5. The summed E-state index contributed by atoms with van der Waals surface area (Å²) in [7, 11) is 0. The quantitative estimate of drug-likeness (QED) is 0.386. The van der Waals surface area contributed by atoms with E-state index in [0.717, 1.165) is 16.1 Å². The van der Waals surface area contributed by atoms with Gasteiger partial charge < -0.3 is 16.4 Å². The zero-order valence-corrected chi connectivity index (χ0v) is 15.1. The fraction of sp³-hybridized carbons (Fsp3) is 0.125. The van der Waals surface area contributed by atoms with Crippen molar-refractivity contribution in [3.8, 4) is 0 Å². The average Bonchev–Trinajstić information content (AvgIpc) is 2.56. The topological polar surface area (TPSA) is 127 Å². The third-order valence-corrected chi connectivity index (χ3v) is 3.93. The summed E-state index contributed by atoms with van der Waals surface area (Å²) in [6.07, 6.45) is 0. The molecule has 0 atom stereocenters. The zero-order valence-electron chi connectivity index (χ0n) is 13.5.